The molecule has 1 aromatic carbocycles. The number of fused-ring (bicyclic) bond motifs is 1. The van der Waals surface area contributed by atoms with Gasteiger partial charge in [-0.1, -0.05) is 12.1 Å². The van der Waals surface area contributed by atoms with E-state index in [1.807, 2.05) is 29.8 Å². The van der Waals surface area contributed by atoms with Crippen LogP contribution in [0.2, 0.25) is 0 Å². The lowest BCUT2D eigenvalue weighted by atomic mass is 10.0. The monoisotopic (exact) mass is 436 g/mol. The van der Waals surface area contributed by atoms with Crippen molar-refractivity contribution < 1.29 is 0 Å². The molecule has 0 spiro atoms. The van der Waals surface area contributed by atoms with Crippen molar-refractivity contribution in [2.45, 2.75) is 13.5 Å². The number of halogens is 1. The number of aryl methyl sites for hydroxylation is 1. The Bertz CT molecular complexity index is 1130. The van der Waals surface area contributed by atoms with E-state index in [9.17, 15) is 0 Å². The zero-order valence-electron chi connectivity index (χ0n) is 16.0. The number of imidazole rings is 1. The average molecular weight is 437 g/mol. The number of benzene rings is 1. The van der Waals surface area contributed by atoms with Gasteiger partial charge in [0, 0.05) is 56.2 Å². The molecule has 28 heavy (non-hydrogen) atoms. The van der Waals surface area contributed by atoms with Gasteiger partial charge in [-0.25, -0.2) is 9.97 Å². The third-order valence-electron chi connectivity index (χ3n) is 4.59. The van der Waals surface area contributed by atoms with Gasteiger partial charge in [-0.15, -0.1) is 0 Å². The first-order valence-electron chi connectivity index (χ1n) is 8.97. The lowest BCUT2D eigenvalue weighted by Gasteiger charge is -2.19. The van der Waals surface area contributed by atoms with Crippen molar-refractivity contribution in [3.8, 4) is 11.1 Å². The number of nitrogens with one attached hydrogen (secondary N) is 1. The van der Waals surface area contributed by atoms with Crippen molar-refractivity contribution in [1.82, 2.24) is 19.4 Å². The first kappa shape index (κ1) is 18.4. The molecular formula is C21H21BrN6. The van der Waals surface area contributed by atoms with Crippen LogP contribution in [0.1, 0.15) is 11.3 Å². The first-order valence-corrected chi connectivity index (χ1v) is 9.77. The summed E-state index contributed by atoms with van der Waals surface area (Å²) in [7, 11) is 4.13. The minimum absolute atomic E-state index is 0.660. The lowest BCUT2D eigenvalue weighted by molar-refractivity contribution is 1.05. The van der Waals surface area contributed by atoms with E-state index in [4.69, 9.17) is 0 Å². The number of pyridine rings is 1. The number of rotatable bonds is 5. The normalized spacial score (nSPS) is 11.0. The van der Waals surface area contributed by atoms with Crippen LogP contribution in [0.25, 0.3) is 16.8 Å². The summed E-state index contributed by atoms with van der Waals surface area (Å²) in [5, 5.41) is 3.41. The van der Waals surface area contributed by atoms with Gasteiger partial charge >= 0.3 is 0 Å². The van der Waals surface area contributed by atoms with Crippen LogP contribution in [-0.4, -0.2) is 33.4 Å². The Morgan fingerprint density at radius 3 is 2.71 bits per heavy atom. The fourth-order valence-electron chi connectivity index (χ4n) is 3.21. The second kappa shape index (κ2) is 7.59. The molecule has 1 N–H and O–H groups in total. The Balaban J connectivity index is 1.63. The quantitative estimate of drug-likeness (QED) is 0.497. The summed E-state index contributed by atoms with van der Waals surface area (Å²) < 4.78 is 2.86. The largest absolute Gasteiger partial charge is 0.377 e. The van der Waals surface area contributed by atoms with Crippen LogP contribution in [0.4, 0.5) is 11.5 Å². The number of aromatic nitrogens is 4. The Hall–Kier alpha value is -2.93. The van der Waals surface area contributed by atoms with E-state index in [0.717, 1.165) is 21.8 Å². The summed E-state index contributed by atoms with van der Waals surface area (Å²) in [6.45, 7) is 2.67. The number of hydrogen-bond acceptors (Lipinski definition) is 5. The van der Waals surface area contributed by atoms with E-state index in [1.54, 1.807) is 12.4 Å². The maximum Gasteiger partial charge on any atom is 0.180 e. The number of nitrogens with zero attached hydrogens (tertiary/aromatic N) is 5. The van der Waals surface area contributed by atoms with E-state index in [-0.39, 0.29) is 0 Å². The van der Waals surface area contributed by atoms with Gasteiger partial charge in [0.05, 0.1) is 6.20 Å². The summed E-state index contributed by atoms with van der Waals surface area (Å²) >= 11 is 3.49. The summed E-state index contributed by atoms with van der Waals surface area (Å²) in [4.78, 5) is 15.3. The Morgan fingerprint density at radius 2 is 1.93 bits per heavy atom. The van der Waals surface area contributed by atoms with Gasteiger partial charge in [0.15, 0.2) is 11.5 Å². The fourth-order valence-corrected chi connectivity index (χ4v) is 3.60. The van der Waals surface area contributed by atoms with Gasteiger partial charge in [0.25, 0.3) is 0 Å². The Morgan fingerprint density at radius 1 is 1.07 bits per heavy atom. The van der Waals surface area contributed by atoms with Crippen molar-refractivity contribution >= 4 is 33.1 Å². The minimum atomic E-state index is 0.660. The van der Waals surface area contributed by atoms with E-state index >= 15 is 0 Å². The molecule has 3 heterocycles. The highest BCUT2D eigenvalue weighted by Gasteiger charge is 2.11. The molecular weight excluding hydrogens is 416 g/mol. The molecule has 0 fully saturated rings. The van der Waals surface area contributed by atoms with Gasteiger partial charge in [0.2, 0.25) is 0 Å². The Kier molecular flexibility index (Phi) is 5.00. The third kappa shape index (κ3) is 3.57. The van der Waals surface area contributed by atoms with Crippen molar-refractivity contribution in [1.29, 1.82) is 0 Å². The average Bonchev–Trinajstić information content (AvgIpc) is 3.08. The number of anilines is 2. The van der Waals surface area contributed by atoms with E-state index in [1.165, 1.54) is 22.4 Å². The molecule has 0 radical (unpaired) electrons. The highest BCUT2D eigenvalue weighted by molar-refractivity contribution is 9.10. The smallest absolute Gasteiger partial charge is 0.180 e. The van der Waals surface area contributed by atoms with Crippen molar-refractivity contribution in [2.75, 3.05) is 24.3 Å². The van der Waals surface area contributed by atoms with Crippen molar-refractivity contribution in [2.24, 2.45) is 0 Å². The van der Waals surface area contributed by atoms with Crippen molar-refractivity contribution in [3.63, 3.8) is 0 Å². The highest BCUT2D eigenvalue weighted by Crippen LogP contribution is 2.31. The molecule has 0 unspecified atom stereocenters. The van der Waals surface area contributed by atoms with E-state index in [0.29, 0.717) is 6.54 Å². The molecule has 6 nitrogen and oxygen atoms in total. The van der Waals surface area contributed by atoms with Crippen LogP contribution in [-0.2, 0) is 6.54 Å². The van der Waals surface area contributed by atoms with Crippen molar-refractivity contribution in [3.05, 3.63) is 71.0 Å². The highest BCUT2D eigenvalue weighted by atomic mass is 79.9. The molecule has 4 aromatic rings. The molecule has 0 aliphatic carbocycles. The maximum absolute atomic E-state index is 4.44. The third-order valence-corrected chi connectivity index (χ3v) is 5.18. The molecule has 142 valence electrons. The SMILES string of the molecule is Cc1cc(-c2ccc(CNc3nccn4c(Br)cnc34)cc2N(C)C)ccn1. The molecule has 0 saturated carbocycles. The molecule has 0 aliphatic rings. The van der Waals surface area contributed by atoms with Crippen LogP contribution in [0.3, 0.4) is 0 Å². The second-order valence-corrected chi connectivity index (χ2v) is 7.65. The zero-order valence-corrected chi connectivity index (χ0v) is 17.6. The zero-order chi connectivity index (χ0) is 19.7. The molecule has 0 saturated heterocycles. The summed E-state index contributed by atoms with van der Waals surface area (Å²) in [6.07, 6.45) is 7.28. The molecule has 4 rings (SSSR count). The van der Waals surface area contributed by atoms with Crippen LogP contribution < -0.4 is 10.2 Å². The first-order chi connectivity index (χ1) is 13.5. The molecule has 0 aliphatic heterocycles. The molecule has 0 atom stereocenters. The Labute approximate surface area is 172 Å². The fraction of sp³-hybridized carbons (Fsp3) is 0.190. The predicted octanol–water partition coefficient (Wildman–Crippen LogP) is 4.54. The van der Waals surface area contributed by atoms with Gasteiger partial charge in [-0.2, -0.15) is 0 Å². The van der Waals surface area contributed by atoms with Crippen LogP contribution in [0.5, 0.6) is 0 Å². The van der Waals surface area contributed by atoms with Crippen LogP contribution in [0.15, 0.2) is 59.7 Å². The summed E-state index contributed by atoms with van der Waals surface area (Å²) in [5.74, 6) is 0.758. The molecule has 0 amide bonds. The van der Waals surface area contributed by atoms with Crippen LogP contribution >= 0.6 is 15.9 Å². The minimum Gasteiger partial charge on any atom is -0.377 e. The number of hydrogen-bond donors (Lipinski definition) is 1. The van der Waals surface area contributed by atoms with Gasteiger partial charge in [-0.05, 0) is 52.2 Å². The second-order valence-electron chi connectivity index (χ2n) is 6.84. The topological polar surface area (TPSA) is 58.4 Å². The van der Waals surface area contributed by atoms with E-state index < -0.39 is 0 Å². The maximum atomic E-state index is 4.44. The van der Waals surface area contributed by atoms with Gasteiger partial charge in [0.1, 0.15) is 4.60 Å². The summed E-state index contributed by atoms with van der Waals surface area (Å²) in [5.41, 5.74) is 6.51. The molecule has 0 bridgehead atoms. The summed E-state index contributed by atoms with van der Waals surface area (Å²) in [6, 6.07) is 10.7. The van der Waals surface area contributed by atoms with E-state index in [2.05, 4.69) is 79.5 Å². The van der Waals surface area contributed by atoms with Gasteiger partial charge < -0.3 is 10.2 Å². The van der Waals surface area contributed by atoms with Gasteiger partial charge in [-0.3, -0.25) is 9.38 Å². The predicted molar refractivity (Wildman–Crippen MR) is 117 cm³/mol. The van der Waals surface area contributed by atoms with Crippen LogP contribution in [0, 0.1) is 6.92 Å². The lowest BCUT2D eigenvalue weighted by Crippen LogP contribution is -2.11. The molecule has 3 aromatic heterocycles. The standard InChI is InChI=1S/C21H21BrN6/c1-14-10-16(6-7-23-14)17-5-4-15(11-18(17)27(2)3)12-25-20-21-26-13-19(22)28(21)9-8-24-20/h4-11,13H,12H2,1-3H3,(H,24,25). The molecule has 7 heteroatoms.